The summed E-state index contributed by atoms with van der Waals surface area (Å²) in [5, 5.41) is 9.03. The number of ether oxygens (including phenoxy) is 2. The minimum atomic E-state index is -0.218. The third kappa shape index (κ3) is 5.12. The van der Waals surface area contributed by atoms with Crippen LogP contribution >= 0.6 is 23.4 Å². The average Bonchev–Trinajstić information content (AvgIpc) is 3.17. The third-order valence-corrected chi connectivity index (χ3v) is 5.65. The van der Waals surface area contributed by atoms with E-state index in [1.54, 1.807) is 41.2 Å². The van der Waals surface area contributed by atoms with Gasteiger partial charge in [-0.3, -0.25) is 9.48 Å². The summed E-state index contributed by atoms with van der Waals surface area (Å²) in [4.78, 5) is 21.1. The Morgan fingerprint density at radius 3 is 2.72 bits per heavy atom. The molecule has 4 rings (SSSR count). The van der Waals surface area contributed by atoms with E-state index in [1.807, 2.05) is 26.1 Å². The fourth-order valence-electron chi connectivity index (χ4n) is 2.96. The van der Waals surface area contributed by atoms with E-state index < -0.39 is 0 Å². The Balaban J connectivity index is 1.45. The van der Waals surface area contributed by atoms with Gasteiger partial charge in [-0.05, 0) is 49.4 Å². The molecular formula is C22H20ClN5O3S. The van der Waals surface area contributed by atoms with Crippen LogP contribution in [-0.2, 0) is 11.8 Å². The number of anilines is 1. The summed E-state index contributed by atoms with van der Waals surface area (Å²) in [6, 6.07) is 12.3. The normalized spacial score (nSPS) is 10.8. The van der Waals surface area contributed by atoms with Crippen molar-refractivity contribution in [3.63, 3.8) is 0 Å². The molecule has 0 spiro atoms. The number of nitrogens with zero attached hydrogens (tertiary/aromatic N) is 4. The van der Waals surface area contributed by atoms with Crippen LogP contribution in [0.3, 0.4) is 0 Å². The molecular weight excluding hydrogens is 450 g/mol. The van der Waals surface area contributed by atoms with E-state index in [1.165, 1.54) is 18.1 Å². The Labute approximate surface area is 193 Å². The van der Waals surface area contributed by atoms with Gasteiger partial charge in [0.1, 0.15) is 22.9 Å². The van der Waals surface area contributed by atoms with Crippen LogP contribution < -0.4 is 14.8 Å². The molecule has 2 aromatic carbocycles. The highest BCUT2D eigenvalue weighted by Gasteiger charge is 2.13. The van der Waals surface area contributed by atoms with E-state index in [9.17, 15) is 4.79 Å². The zero-order valence-corrected chi connectivity index (χ0v) is 19.0. The highest BCUT2D eigenvalue weighted by atomic mass is 35.5. The van der Waals surface area contributed by atoms with Gasteiger partial charge in [-0.2, -0.15) is 5.10 Å². The molecule has 0 saturated carbocycles. The number of thioether (sulfide) groups is 1. The zero-order valence-electron chi connectivity index (χ0n) is 17.4. The number of fused-ring (bicyclic) bond motifs is 1. The second-order valence-electron chi connectivity index (χ2n) is 6.67. The first-order chi connectivity index (χ1) is 15.5. The molecule has 4 aromatic rings. The Bertz CT molecular complexity index is 1250. The highest BCUT2D eigenvalue weighted by molar-refractivity contribution is 8.00. The third-order valence-electron chi connectivity index (χ3n) is 4.41. The average molecular weight is 470 g/mol. The molecule has 0 saturated heterocycles. The SMILES string of the molecule is CCOc1ccc(Oc2ccc(Cl)cc2NC(=O)CSc2ncnc3c2cnn3C)cc1. The molecule has 0 unspecified atom stereocenters. The smallest absolute Gasteiger partial charge is 0.234 e. The quantitative estimate of drug-likeness (QED) is 0.288. The number of carbonyl (C=O) groups is 1. The topological polar surface area (TPSA) is 91.2 Å². The fraction of sp³-hybridized carbons (Fsp3) is 0.182. The summed E-state index contributed by atoms with van der Waals surface area (Å²) >= 11 is 7.45. The number of aryl methyl sites for hydroxylation is 1. The molecule has 164 valence electrons. The minimum absolute atomic E-state index is 0.149. The molecule has 8 nitrogen and oxygen atoms in total. The maximum Gasteiger partial charge on any atom is 0.234 e. The lowest BCUT2D eigenvalue weighted by Gasteiger charge is -2.13. The second kappa shape index (κ2) is 9.88. The van der Waals surface area contributed by atoms with Crippen molar-refractivity contribution in [2.45, 2.75) is 11.9 Å². The lowest BCUT2D eigenvalue weighted by molar-refractivity contribution is -0.113. The maximum absolute atomic E-state index is 12.6. The van der Waals surface area contributed by atoms with E-state index in [4.69, 9.17) is 21.1 Å². The molecule has 0 radical (unpaired) electrons. The summed E-state index contributed by atoms with van der Waals surface area (Å²) in [6.07, 6.45) is 3.15. The van der Waals surface area contributed by atoms with Crippen LogP contribution in [0, 0.1) is 0 Å². The first-order valence-electron chi connectivity index (χ1n) is 9.79. The molecule has 32 heavy (non-hydrogen) atoms. The number of halogens is 1. The van der Waals surface area contributed by atoms with Crippen LogP contribution in [0.2, 0.25) is 5.02 Å². The lowest BCUT2D eigenvalue weighted by atomic mass is 10.2. The van der Waals surface area contributed by atoms with Crippen LogP contribution in [0.1, 0.15) is 6.92 Å². The summed E-state index contributed by atoms with van der Waals surface area (Å²) in [5.74, 6) is 1.78. The van der Waals surface area contributed by atoms with E-state index in [0.717, 1.165) is 11.1 Å². The van der Waals surface area contributed by atoms with Gasteiger partial charge in [0.25, 0.3) is 0 Å². The molecule has 0 aliphatic heterocycles. The van der Waals surface area contributed by atoms with Crippen molar-refractivity contribution in [3.8, 4) is 17.2 Å². The van der Waals surface area contributed by atoms with Gasteiger partial charge in [0.05, 0.1) is 29.6 Å². The maximum atomic E-state index is 12.6. The Hall–Kier alpha value is -3.30. The van der Waals surface area contributed by atoms with Gasteiger partial charge in [-0.1, -0.05) is 23.4 Å². The molecule has 2 heterocycles. The van der Waals surface area contributed by atoms with Crippen LogP contribution in [0.15, 0.2) is 60.0 Å². The van der Waals surface area contributed by atoms with Crippen molar-refractivity contribution in [1.82, 2.24) is 19.7 Å². The molecule has 0 aliphatic carbocycles. The first-order valence-corrected chi connectivity index (χ1v) is 11.2. The van der Waals surface area contributed by atoms with Crippen molar-refractivity contribution in [2.75, 3.05) is 17.7 Å². The van der Waals surface area contributed by atoms with Crippen LogP contribution in [0.4, 0.5) is 5.69 Å². The number of carbonyl (C=O) groups excluding carboxylic acids is 1. The van der Waals surface area contributed by atoms with Crippen molar-refractivity contribution in [1.29, 1.82) is 0 Å². The summed E-state index contributed by atoms with van der Waals surface area (Å²) in [5.41, 5.74) is 1.19. The molecule has 1 N–H and O–H groups in total. The van der Waals surface area contributed by atoms with Gasteiger partial charge in [0, 0.05) is 12.1 Å². The monoisotopic (exact) mass is 469 g/mol. The largest absolute Gasteiger partial charge is 0.494 e. The van der Waals surface area contributed by atoms with Crippen LogP contribution in [-0.4, -0.2) is 38.0 Å². The van der Waals surface area contributed by atoms with Crippen LogP contribution in [0.5, 0.6) is 17.2 Å². The molecule has 0 atom stereocenters. The van der Waals surface area contributed by atoms with Crippen molar-refractivity contribution >= 4 is 46.0 Å². The van der Waals surface area contributed by atoms with Crippen molar-refractivity contribution < 1.29 is 14.3 Å². The predicted molar refractivity (Wildman–Crippen MR) is 125 cm³/mol. The Morgan fingerprint density at radius 2 is 1.94 bits per heavy atom. The summed E-state index contributed by atoms with van der Waals surface area (Å²) in [6.45, 7) is 2.52. The van der Waals surface area contributed by atoms with Gasteiger partial charge in [-0.15, -0.1) is 0 Å². The van der Waals surface area contributed by atoms with Gasteiger partial charge < -0.3 is 14.8 Å². The van der Waals surface area contributed by atoms with E-state index in [0.29, 0.717) is 39.5 Å². The Morgan fingerprint density at radius 1 is 1.16 bits per heavy atom. The number of hydrogen-bond acceptors (Lipinski definition) is 7. The fourth-order valence-corrected chi connectivity index (χ4v) is 3.90. The molecule has 10 heteroatoms. The number of nitrogens with one attached hydrogen (secondary N) is 1. The second-order valence-corrected chi connectivity index (χ2v) is 8.07. The molecule has 0 aliphatic rings. The summed E-state index contributed by atoms with van der Waals surface area (Å²) < 4.78 is 13.1. The zero-order chi connectivity index (χ0) is 22.5. The van der Waals surface area contributed by atoms with E-state index in [-0.39, 0.29) is 11.7 Å². The van der Waals surface area contributed by atoms with Gasteiger partial charge in [-0.25, -0.2) is 9.97 Å². The first kappa shape index (κ1) is 21.9. The van der Waals surface area contributed by atoms with Gasteiger partial charge in [0.2, 0.25) is 5.91 Å². The number of amides is 1. The van der Waals surface area contributed by atoms with E-state index >= 15 is 0 Å². The predicted octanol–water partition coefficient (Wildman–Crippen LogP) is 4.94. The molecule has 0 bridgehead atoms. The molecule has 1 amide bonds. The van der Waals surface area contributed by atoms with Gasteiger partial charge >= 0.3 is 0 Å². The Kier molecular flexibility index (Phi) is 6.77. The number of benzene rings is 2. The lowest BCUT2D eigenvalue weighted by Crippen LogP contribution is -2.14. The minimum Gasteiger partial charge on any atom is -0.494 e. The number of rotatable bonds is 8. The van der Waals surface area contributed by atoms with Crippen LogP contribution in [0.25, 0.3) is 11.0 Å². The molecule has 0 fully saturated rings. The standard InChI is InChI=1S/C22H20ClN5O3S/c1-3-30-15-5-7-16(8-6-15)31-19-9-4-14(23)10-18(19)27-20(29)12-32-22-17-11-26-28(2)21(17)24-13-25-22/h4-11,13H,3,12H2,1-2H3,(H,27,29). The number of aromatic nitrogens is 4. The highest BCUT2D eigenvalue weighted by Crippen LogP contribution is 2.33. The van der Waals surface area contributed by atoms with Gasteiger partial charge in [0.15, 0.2) is 11.4 Å². The van der Waals surface area contributed by atoms with Crippen molar-refractivity contribution in [2.24, 2.45) is 7.05 Å². The van der Waals surface area contributed by atoms with Crippen molar-refractivity contribution in [3.05, 3.63) is 60.0 Å². The number of hydrogen-bond donors (Lipinski definition) is 1. The van der Waals surface area contributed by atoms with E-state index in [2.05, 4.69) is 20.4 Å². The summed E-state index contributed by atoms with van der Waals surface area (Å²) in [7, 11) is 1.81. The molecule has 2 aromatic heterocycles.